The molecule has 9 heteroatoms. The lowest BCUT2D eigenvalue weighted by molar-refractivity contribution is 0.221. The van der Waals surface area contributed by atoms with E-state index in [1.807, 2.05) is 0 Å². The van der Waals surface area contributed by atoms with Crippen LogP contribution in [-0.4, -0.2) is 52.6 Å². The van der Waals surface area contributed by atoms with Crippen LogP contribution in [0.15, 0.2) is 29.2 Å². The fourth-order valence-corrected chi connectivity index (χ4v) is 6.79. The lowest BCUT2D eigenvalue weighted by atomic mass is 10.0. The van der Waals surface area contributed by atoms with Crippen LogP contribution in [-0.2, 0) is 20.0 Å². The molecule has 7 nitrogen and oxygen atoms in total. The second-order valence-corrected chi connectivity index (χ2v) is 9.99. The van der Waals surface area contributed by atoms with Crippen molar-refractivity contribution >= 4 is 20.0 Å². The predicted molar refractivity (Wildman–Crippen MR) is 89.8 cm³/mol. The minimum Gasteiger partial charge on any atom is -0.495 e. The van der Waals surface area contributed by atoms with Crippen molar-refractivity contribution in [3.8, 4) is 5.75 Å². The lowest BCUT2D eigenvalue weighted by Crippen LogP contribution is -2.52. The van der Waals surface area contributed by atoms with Gasteiger partial charge in [0.1, 0.15) is 10.6 Å². The summed E-state index contributed by atoms with van der Waals surface area (Å²) in [5, 5.41) is 0. The zero-order valence-corrected chi connectivity index (χ0v) is 15.3. The van der Waals surface area contributed by atoms with E-state index in [0.717, 1.165) is 12.8 Å². The highest BCUT2D eigenvalue weighted by molar-refractivity contribution is 7.89. The van der Waals surface area contributed by atoms with E-state index in [1.165, 1.54) is 19.4 Å². The number of hydrogen-bond donors (Lipinski definition) is 1. The molecular weight excluding hydrogens is 352 g/mol. The lowest BCUT2D eigenvalue weighted by Gasteiger charge is -2.37. The molecule has 3 rings (SSSR count). The maximum Gasteiger partial charge on any atom is 0.244 e. The van der Waals surface area contributed by atoms with Gasteiger partial charge in [-0.1, -0.05) is 12.1 Å². The number of hydrogen-bond acceptors (Lipinski definition) is 5. The molecule has 2 atom stereocenters. The highest BCUT2D eigenvalue weighted by atomic mass is 32.2. The Labute approximate surface area is 143 Å². The molecule has 0 amide bonds. The van der Waals surface area contributed by atoms with Crippen molar-refractivity contribution in [2.75, 3.05) is 13.4 Å². The number of para-hydroxylation sites is 1. The first kappa shape index (κ1) is 17.7. The molecule has 2 aliphatic rings. The molecule has 2 aliphatic heterocycles. The fourth-order valence-electron chi connectivity index (χ4n) is 3.90. The predicted octanol–water partition coefficient (Wildman–Crippen LogP) is 0.929. The Morgan fingerprint density at radius 3 is 2.21 bits per heavy atom. The molecular formula is C15H22N2O5S2. The summed E-state index contributed by atoms with van der Waals surface area (Å²) >= 11 is 0. The number of methoxy groups -OCH3 is 1. The first-order chi connectivity index (χ1) is 11.2. The summed E-state index contributed by atoms with van der Waals surface area (Å²) in [6, 6.07) is 5.95. The van der Waals surface area contributed by atoms with Crippen LogP contribution >= 0.6 is 0 Å². The molecule has 0 spiro atoms. The second kappa shape index (κ2) is 6.29. The molecule has 2 bridgehead atoms. The van der Waals surface area contributed by atoms with E-state index in [0.29, 0.717) is 18.6 Å². The molecule has 2 fully saturated rings. The van der Waals surface area contributed by atoms with Gasteiger partial charge in [0, 0.05) is 18.1 Å². The van der Waals surface area contributed by atoms with Crippen LogP contribution < -0.4 is 9.46 Å². The summed E-state index contributed by atoms with van der Waals surface area (Å²) in [7, 11) is -5.54. The van der Waals surface area contributed by atoms with Gasteiger partial charge in [-0.3, -0.25) is 0 Å². The number of benzene rings is 1. The van der Waals surface area contributed by atoms with Gasteiger partial charge >= 0.3 is 0 Å². The summed E-state index contributed by atoms with van der Waals surface area (Å²) in [4.78, 5) is 0.102. The van der Waals surface area contributed by atoms with E-state index in [1.54, 1.807) is 22.5 Å². The van der Waals surface area contributed by atoms with Gasteiger partial charge in [-0.2, -0.15) is 4.31 Å². The van der Waals surface area contributed by atoms with E-state index >= 15 is 0 Å². The number of ether oxygens (including phenoxy) is 1. The molecule has 1 N–H and O–H groups in total. The maximum atomic E-state index is 12.7. The Morgan fingerprint density at radius 2 is 1.67 bits per heavy atom. The van der Waals surface area contributed by atoms with Crippen molar-refractivity contribution in [2.45, 2.75) is 48.7 Å². The SMILES string of the molecule is COc1ccccc1S(=O)(=O)NC1CC2CCC(C1)N2S(C)(=O)=O. The van der Waals surface area contributed by atoms with E-state index in [9.17, 15) is 16.8 Å². The standard InChI is InChI=1S/C15H22N2O5S2/c1-22-14-5-3-4-6-15(14)24(20,21)16-11-9-12-7-8-13(10-11)17(12)23(2,18)19/h3-6,11-13,16H,7-10H2,1-2H3. The molecule has 24 heavy (non-hydrogen) atoms. The van der Waals surface area contributed by atoms with E-state index in [-0.39, 0.29) is 23.0 Å². The normalized spacial score (nSPS) is 28.0. The second-order valence-electron chi connectivity index (χ2n) is 6.42. The maximum absolute atomic E-state index is 12.7. The van der Waals surface area contributed by atoms with E-state index in [4.69, 9.17) is 4.74 Å². The van der Waals surface area contributed by atoms with Crippen LogP contribution in [0.1, 0.15) is 25.7 Å². The third-order valence-corrected chi connectivity index (χ3v) is 7.65. The smallest absolute Gasteiger partial charge is 0.244 e. The molecule has 2 heterocycles. The van der Waals surface area contributed by atoms with Gasteiger partial charge in [0.2, 0.25) is 20.0 Å². The van der Waals surface area contributed by atoms with Crippen LogP contribution in [0.25, 0.3) is 0 Å². The van der Waals surface area contributed by atoms with Crippen molar-refractivity contribution in [3.63, 3.8) is 0 Å². The topological polar surface area (TPSA) is 92.8 Å². The van der Waals surface area contributed by atoms with Crippen LogP contribution in [0.5, 0.6) is 5.75 Å². The summed E-state index contributed by atoms with van der Waals surface area (Å²) in [5.74, 6) is 0.293. The highest BCUT2D eigenvalue weighted by Gasteiger charge is 2.46. The minimum absolute atomic E-state index is 0.102. The van der Waals surface area contributed by atoms with Gasteiger partial charge in [0.05, 0.1) is 13.4 Å². The van der Waals surface area contributed by atoms with E-state index in [2.05, 4.69) is 4.72 Å². The molecule has 0 radical (unpaired) electrons. The number of sulfonamides is 2. The zero-order chi connectivity index (χ0) is 17.5. The van der Waals surface area contributed by atoms with Crippen LogP contribution in [0.2, 0.25) is 0 Å². The average molecular weight is 374 g/mol. The molecule has 0 saturated carbocycles. The fraction of sp³-hybridized carbons (Fsp3) is 0.600. The third kappa shape index (κ3) is 3.30. The van der Waals surface area contributed by atoms with E-state index < -0.39 is 20.0 Å². The summed E-state index contributed by atoms with van der Waals surface area (Å²) in [6.45, 7) is 0. The quantitative estimate of drug-likeness (QED) is 0.828. The summed E-state index contributed by atoms with van der Waals surface area (Å²) in [6.07, 6.45) is 3.78. The molecule has 134 valence electrons. The minimum atomic E-state index is -3.72. The van der Waals surface area contributed by atoms with Crippen LogP contribution in [0.4, 0.5) is 0 Å². The zero-order valence-electron chi connectivity index (χ0n) is 13.7. The van der Waals surface area contributed by atoms with Gasteiger partial charge in [-0.15, -0.1) is 0 Å². The Balaban J connectivity index is 1.79. The highest BCUT2D eigenvalue weighted by Crippen LogP contribution is 2.38. The van der Waals surface area contributed by atoms with Crippen LogP contribution in [0.3, 0.4) is 0 Å². The van der Waals surface area contributed by atoms with Gasteiger partial charge < -0.3 is 4.74 Å². The Kier molecular flexibility index (Phi) is 4.63. The summed E-state index contributed by atoms with van der Waals surface area (Å²) < 4.78 is 58.6. The number of nitrogens with one attached hydrogen (secondary N) is 1. The van der Waals surface area contributed by atoms with Gasteiger partial charge in [-0.05, 0) is 37.8 Å². The molecule has 0 aliphatic carbocycles. The van der Waals surface area contributed by atoms with Crippen molar-refractivity contribution in [1.29, 1.82) is 0 Å². The van der Waals surface area contributed by atoms with Crippen molar-refractivity contribution in [1.82, 2.24) is 9.03 Å². The largest absolute Gasteiger partial charge is 0.495 e. The van der Waals surface area contributed by atoms with Gasteiger partial charge in [-0.25, -0.2) is 21.6 Å². The summed E-state index contributed by atoms with van der Waals surface area (Å²) in [5.41, 5.74) is 0. The van der Waals surface area contributed by atoms with Gasteiger partial charge in [0.15, 0.2) is 0 Å². The number of nitrogens with zero attached hydrogens (tertiary/aromatic N) is 1. The average Bonchev–Trinajstić information content (AvgIpc) is 2.79. The number of fused-ring (bicyclic) bond motifs is 2. The van der Waals surface area contributed by atoms with Crippen LogP contribution in [0, 0.1) is 0 Å². The third-order valence-electron chi connectivity index (χ3n) is 4.73. The molecule has 1 aromatic rings. The first-order valence-electron chi connectivity index (χ1n) is 7.86. The molecule has 2 unspecified atom stereocenters. The molecule has 2 saturated heterocycles. The molecule has 1 aromatic carbocycles. The Hall–Kier alpha value is -1.16. The molecule has 0 aromatic heterocycles. The Morgan fingerprint density at radius 1 is 1.08 bits per heavy atom. The van der Waals surface area contributed by atoms with Gasteiger partial charge in [0.25, 0.3) is 0 Å². The monoisotopic (exact) mass is 374 g/mol. The number of rotatable bonds is 5. The van der Waals surface area contributed by atoms with Crippen molar-refractivity contribution < 1.29 is 21.6 Å². The first-order valence-corrected chi connectivity index (χ1v) is 11.2. The van der Waals surface area contributed by atoms with Crippen molar-refractivity contribution in [3.05, 3.63) is 24.3 Å². The Bertz CT molecular complexity index is 808. The number of piperidine rings is 1. The van der Waals surface area contributed by atoms with Crippen molar-refractivity contribution in [2.24, 2.45) is 0 Å².